The first-order valence-corrected chi connectivity index (χ1v) is 6.89. The van der Waals surface area contributed by atoms with E-state index >= 15 is 0 Å². The lowest BCUT2D eigenvalue weighted by Crippen LogP contribution is -2.18. The molecule has 0 fully saturated rings. The topological polar surface area (TPSA) is 12.0 Å². The maximum atomic E-state index is 12.8. The van der Waals surface area contributed by atoms with Gasteiger partial charge in [0.15, 0.2) is 0 Å². The lowest BCUT2D eigenvalue weighted by molar-refractivity contribution is -0.137. The van der Waals surface area contributed by atoms with Crippen LogP contribution >= 0.6 is 0 Å². The summed E-state index contributed by atoms with van der Waals surface area (Å²) >= 11 is 0. The van der Waals surface area contributed by atoms with Gasteiger partial charge in [0, 0.05) is 0 Å². The summed E-state index contributed by atoms with van der Waals surface area (Å²) in [7, 11) is 1.75. The minimum atomic E-state index is -4.32. The van der Waals surface area contributed by atoms with Crippen molar-refractivity contribution in [2.24, 2.45) is 0 Å². The Morgan fingerprint density at radius 3 is 2.19 bits per heavy atom. The lowest BCUT2D eigenvalue weighted by atomic mass is 9.95. The van der Waals surface area contributed by atoms with Crippen LogP contribution in [0.2, 0.25) is 0 Å². The Balaban J connectivity index is 2.41. The smallest absolute Gasteiger partial charge is 0.309 e. The molecule has 2 aromatic rings. The molecule has 21 heavy (non-hydrogen) atoms. The highest BCUT2D eigenvalue weighted by atomic mass is 19.4. The molecular weight excluding hydrogens is 275 g/mol. The van der Waals surface area contributed by atoms with Gasteiger partial charge in [-0.3, -0.25) is 0 Å². The zero-order valence-corrected chi connectivity index (χ0v) is 12.0. The van der Waals surface area contributed by atoms with E-state index in [-0.39, 0.29) is 6.04 Å². The molecule has 0 heterocycles. The standard InChI is InChI=1S/C17H18F3N/c1-3-12-6-4-7-13(10-12)16(21-2)14-8-5-9-15(11-14)17(18,19)20/h4-11,16,21H,3H2,1-2H3. The molecule has 0 bridgehead atoms. The van der Waals surface area contributed by atoms with Gasteiger partial charge in [-0.05, 0) is 42.3 Å². The summed E-state index contributed by atoms with van der Waals surface area (Å²) in [4.78, 5) is 0. The predicted molar refractivity (Wildman–Crippen MR) is 78.2 cm³/mol. The average molecular weight is 293 g/mol. The van der Waals surface area contributed by atoms with Gasteiger partial charge in [-0.1, -0.05) is 43.3 Å². The Hall–Kier alpha value is -1.81. The van der Waals surface area contributed by atoms with Crippen molar-refractivity contribution in [2.75, 3.05) is 7.05 Å². The average Bonchev–Trinajstić information content (AvgIpc) is 2.48. The number of aryl methyl sites for hydroxylation is 1. The molecule has 2 rings (SSSR count). The summed E-state index contributed by atoms with van der Waals surface area (Å²) in [6, 6.07) is 13.1. The second kappa shape index (κ2) is 6.31. The van der Waals surface area contributed by atoms with E-state index in [4.69, 9.17) is 0 Å². The van der Waals surface area contributed by atoms with Crippen molar-refractivity contribution in [3.8, 4) is 0 Å². The maximum absolute atomic E-state index is 12.8. The molecule has 1 unspecified atom stereocenters. The zero-order valence-electron chi connectivity index (χ0n) is 12.0. The fourth-order valence-electron chi connectivity index (χ4n) is 2.41. The van der Waals surface area contributed by atoms with Crippen molar-refractivity contribution in [1.29, 1.82) is 0 Å². The van der Waals surface area contributed by atoms with E-state index in [0.29, 0.717) is 5.56 Å². The number of rotatable bonds is 4. The second-order valence-electron chi connectivity index (χ2n) is 4.94. The fraction of sp³-hybridized carbons (Fsp3) is 0.294. The highest BCUT2D eigenvalue weighted by Gasteiger charge is 2.31. The number of nitrogens with one attached hydrogen (secondary N) is 1. The molecule has 1 N–H and O–H groups in total. The van der Waals surface area contributed by atoms with Crippen molar-refractivity contribution in [3.05, 3.63) is 70.8 Å². The van der Waals surface area contributed by atoms with E-state index in [2.05, 4.69) is 12.2 Å². The van der Waals surface area contributed by atoms with E-state index in [1.54, 1.807) is 13.1 Å². The Morgan fingerprint density at radius 2 is 1.62 bits per heavy atom. The van der Waals surface area contributed by atoms with Crippen LogP contribution in [0, 0.1) is 0 Å². The Morgan fingerprint density at radius 1 is 1.00 bits per heavy atom. The van der Waals surface area contributed by atoms with E-state index < -0.39 is 11.7 Å². The Bertz CT molecular complexity index is 605. The van der Waals surface area contributed by atoms with Crippen LogP contribution < -0.4 is 5.32 Å². The van der Waals surface area contributed by atoms with Crippen LogP contribution in [0.4, 0.5) is 13.2 Å². The molecule has 112 valence electrons. The van der Waals surface area contributed by atoms with Gasteiger partial charge in [0.05, 0.1) is 11.6 Å². The van der Waals surface area contributed by atoms with Crippen LogP contribution in [0.3, 0.4) is 0 Å². The summed E-state index contributed by atoms with van der Waals surface area (Å²) in [6.45, 7) is 2.05. The monoisotopic (exact) mass is 293 g/mol. The molecule has 0 aromatic heterocycles. The molecule has 0 amide bonds. The van der Waals surface area contributed by atoms with Crippen LogP contribution in [-0.2, 0) is 12.6 Å². The molecular formula is C17H18F3N. The molecule has 4 heteroatoms. The molecule has 0 aliphatic carbocycles. The lowest BCUT2D eigenvalue weighted by Gasteiger charge is -2.19. The number of hydrogen-bond acceptors (Lipinski definition) is 1. The first kappa shape index (κ1) is 15.6. The number of halogens is 3. The fourth-order valence-corrected chi connectivity index (χ4v) is 2.41. The zero-order chi connectivity index (χ0) is 15.5. The predicted octanol–water partition coefficient (Wildman–Crippen LogP) is 4.58. The summed E-state index contributed by atoms with van der Waals surface area (Å²) in [5, 5.41) is 3.10. The van der Waals surface area contributed by atoms with Gasteiger partial charge < -0.3 is 5.32 Å². The summed E-state index contributed by atoms with van der Waals surface area (Å²) < 4.78 is 38.5. The quantitative estimate of drug-likeness (QED) is 0.870. The van der Waals surface area contributed by atoms with Crippen molar-refractivity contribution in [3.63, 3.8) is 0 Å². The van der Waals surface area contributed by atoms with Crippen LogP contribution in [-0.4, -0.2) is 7.05 Å². The molecule has 2 aromatic carbocycles. The minimum Gasteiger partial charge on any atom is -0.309 e. The van der Waals surface area contributed by atoms with E-state index in [9.17, 15) is 13.2 Å². The van der Waals surface area contributed by atoms with Crippen molar-refractivity contribution in [2.45, 2.75) is 25.6 Å². The largest absolute Gasteiger partial charge is 0.416 e. The summed E-state index contributed by atoms with van der Waals surface area (Å²) in [6.07, 6.45) is -3.42. The minimum absolute atomic E-state index is 0.251. The van der Waals surface area contributed by atoms with Crippen molar-refractivity contribution in [1.82, 2.24) is 5.32 Å². The molecule has 0 radical (unpaired) electrons. The summed E-state index contributed by atoms with van der Waals surface area (Å²) in [5.41, 5.74) is 2.13. The third-order valence-electron chi connectivity index (χ3n) is 3.53. The van der Waals surface area contributed by atoms with Crippen LogP contribution in [0.15, 0.2) is 48.5 Å². The Kier molecular flexibility index (Phi) is 4.68. The SMILES string of the molecule is CCc1cccc(C(NC)c2cccc(C(F)(F)F)c2)c1. The Labute approximate surface area is 122 Å². The highest BCUT2D eigenvalue weighted by molar-refractivity contribution is 5.36. The van der Waals surface area contributed by atoms with Gasteiger partial charge in [0.2, 0.25) is 0 Å². The van der Waals surface area contributed by atoms with Crippen LogP contribution in [0.25, 0.3) is 0 Å². The van der Waals surface area contributed by atoms with Gasteiger partial charge in [-0.2, -0.15) is 13.2 Å². The number of hydrogen-bond donors (Lipinski definition) is 1. The molecule has 0 aliphatic heterocycles. The number of benzene rings is 2. The molecule has 0 saturated carbocycles. The molecule has 1 nitrogen and oxygen atoms in total. The molecule has 0 spiro atoms. The van der Waals surface area contributed by atoms with Gasteiger partial charge in [-0.15, -0.1) is 0 Å². The van der Waals surface area contributed by atoms with E-state index in [1.165, 1.54) is 17.7 Å². The van der Waals surface area contributed by atoms with Gasteiger partial charge >= 0.3 is 6.18 Å². The van der Waals surface area contributed by atoms with Crippen molar-refractivity contribution < 1.29 is 13.2 Å². The first-order chi connectivity index (χ1) is 9.95. The van der Waals surface area contributed by atoms with E-state index in [1.807, 2.05) is 24.3 Å². The van der Waals surface area contributed by atoms with Crippen LogP contribution in [0.1, 0.15) is 35.2 Å². The molecule has 0 saturated heterocycles. The number of alkyl halides is 3. The van der Waals surface area contributed by atoms with Gasteiger partial charge in [-0.25, -0.2) is 0 Å². The molecule has 1 atom stereocenters. The second-order valence-corrected chi connectivity index (χ2v) is 4.94. The van der Waals surface area contributed by atoms with Gasteiger partial charge in [0.1, 0.15) is 0 Å². The maximum Gasteiger partial charge on any atom is 0.416 e. The summed E-state index contributed by atoms with van der Waals surface area (Å²) in [5.74, 6) is 0. The van der Waals surface area contributed by atoms with Gasteiger partial charge in [0.25, 0.3) is 0 Å². The van der Waals surface area contributed by atoms with Crippen molar-refractivity contribution >= 4 is 0 Å². The highest BCUT2D eigenvalue weighted by Crippen LogP contribution is 2.32. The molecule has 0 aliphatic rings. The van der Waals surface area contributed by atoms with E-state index in [0.717, 1.165) is 18.1 Å². The third kappa shape index (κ3) is 3.64. The third-order valence-corrected chi connectivity index (χ3v) is 3.53. The normalized spacial score (nSPS) is 13.2. The van der Waals surface area contributed by atoms with Crippen LogP contribution in [0.5, 0.6) is 0 Å². The first-order valence-electron chi connectivity index (χ1n) is 6.89.